The van der Waals surface area contributed by atoms with Crippen molar-refractivity contribution in [3.8, 4) is 0 Å². The second-order valence-electron chi connectivity index (χ2n) is 9.43. The highest BCUT2D eigenvalue weighted by atomic mass is 35.5. The molecule has 2 aromatic rings. The Morgan fingerprint density at radius 3 is 2.45 bits per heavy atom. The third-order valence-electron chi connectivity index (χ3n) is 7.39. The zero-order chi connectivity index (χ0) is 23.8. The molecule has 1 amide bonds. The maximum Gasteiger partial charge on any atom is 0.255 e. The van der Waals surface area contributed by atoms with Crippen LogP contribution in [0.2, 0.25) is 5.02 Å². The maximum atomic E-state index is 13.4. The van der Waals surface area contributed by atoms with E-state index >= 15 is 0 Å². The first-order chi connectivity index (χ1) is 15.7. The number of halogens is 1. The van der Waals surface area contributed by atoms with Crippen LogP contribution in [0.3, 0.4) is 0 Å². The fourth-order valence-corrected chi connectivity index (χ4v) is 7.18. The van der Waals surface area contributed by atoms with E-state index in [1.54, 1.807) is 30.3 Å². The van der Waals surface area contributed by atoms with E-state index in [0.29, 0.717) is 27.9 Å². The molecule has 1 unspecified atom stereocenters. The number of nitrogens with zero attached hydrogens (tertiary/aromatic N) is 1. The van der Waals surface area contributed by atoms with Crippen molar-refractivity contribution in [1.29, 1.82) is 0 Å². The number of hydrogen-bond donors (Lipinski definition) is 2. The number of nitrogen functional groups attached to an aromatic ring is 1. The van der Waals surface area contributed by atoms with Gasteiger partial charge in [0.25, 0.3) is 5.91 Å². The predicted octanol–water partition coefficient (Wildman–Crippen LogP) is 4.45. The maximum absolute atomic E-state index is 13.4. The van der Waals surface area contributed by atoms with Gasteiger partial charge < -0.3 is 11.1 Å². The smallest absolute Gasteiger partial charge is 0.255 e. The van der Waals surface area contributed by atoms with E-state index in [4.69, 9.17) is 17.3 Å². The number of carbonyl (C=O) groups excluding carboxylic acids is 1. The summed E-state index contributed by atoms with van der Waals surface area (Å²) in [6.45, 7) is 2.84. The molecular weight excluding hydrogens is 458 g/mol. The molecule has 8 heteroatoms. The van der Waals surface area contributed by atoms with Crippen LogP contribution in [-0.4, -0.2) is 44.1 Å². The average Bonchev–Trinajstić information content (AvgIpc) is 2.78. The van der Waals surface area contributed by atoms with Gasteiger partial charge in [-0.1, -0.05) is 36.7 Å². The van der Waals surface area contributed by atoms with Gasteiger partial charge in [-0.3, -0.25) is 9.69 Å². The Balaban J connectivity index is 1.73. The van der Waals surface area contributed by atoms with Crippen LogP contribution < -0.4 is 11.1 Å². The van der Waals surface area contributed by atoms with E-state index in [2.05, 4.69) is 17.3 Å². The van der Waals surface area contributed by atoms with Crippen molar-refractivity contribution in [3.63, 3.8) is 0 Å². The summed E-state index contributed by atoms with van der Waals surface area (Å²) in [6, 6.07) is 11.7. The van der Waals surface area contributed by atoms with Crippen LogP contribution in [0, 0.1) is 5.92 Å². The van der Waals surface area contributed by atoms with Crippen molar-refractivity contribution < 1.29 is 13.2 Å². The highest BCUT2D eigenvalue weighted by Gasteiger charge is 2.50. The largest absolute Gasteiger partial charge is 0.398 e. The van der Waals surface area contributed by atoms with Crippen LogP contribution in [0.4, 0.5) is 5.69 Å². The van der Waals surface area contributed by atoms with E-state index in [1.807, 2.05) is 19.1 Å². The molecule has 3 fully saturated rings. The lowest BCUT2D eigenvalue weighted by Gasteiger charge is -2.57. The molecule has 5 rings (SSSR count). The minimum atomic E-state index is -3.31. The summed E-state index contributed by atoms with van der Waals surface area (Å²) in [4.78, 5) is 16.1. The molecule has 6 nitrogen and oxygen atoms in total. The first-order valence-corrected chi connectivity index (χ1v) is 13.6. The zero-order valence-electron chi connectivity index (χ0n) is 19.2. The number of rotatable bonds is 7. The molecule has 0 aromatic heterocycles. The highest BCUT2D eigenvalue weighted by molar-refractivity contribution is 7.91. The summed E-state index contributed by atoms with van der Waals surface area (Å²) in [5, 5.41) is 3.55. The Kier molecular flexibility index (Phi) is 6.76. The molecule has 1 atom stereocenters. The molecule has 3 aliphatic rings. The Hall–Kier alpha value is -2.09. The minimum absolute atomic E-state index is 0.117. The minimum Gasteiger partial charge on any atom is -0.398 e. The molecule has 1 saturated carbocycles. The number of nitrogens with one attached hydrogen (secondary N) is 1. The first-order valence-electron chi connectivity index (χ1n) is 11.6. The van der Waals surface area contributed by atoms with Crippen LogP contribution >= 0.6 is 11.6 Å². The molecule has 33 heavy (non-hydrogen) atoms. The number of hydrogen-bond acceptors (Lipinski definition) is 5. The Morgan fingerprint density at radius 1 is 1.21 bits per heavy atom. The quantitative estimate of drug-likeness (QED) is 0.560. The second-order valence-corrected chi connectivity index (χ2v) is 11.9. The molecule has 0 spiro atoms. The van der Waals surface area contributed by atoms with E-state index in [9.17, 15) is 13.2 Å². The molecule has 178 valence electrons. The summed E-state index contributed by atoms with van der Waals surface area (Å²) < 4.78 is 25.0. The van der Waals surface area contributed by atoms with Gasteiger partial charge >= 0.3 is 0 Å². The van der Waals surface area contributed by atoms with Crippen molar-refractivity contribution in [2.24, 2.45) is 5.92 Å². The number of nitrogens with two attached hydrogens (primary N) is 1. The topological polar surface area (TPSA) is 92.5 Å². The van der Waals surface area contributed by atoms with Gasteiger partial charge in [0.2, 0.25) is 0 Å². The lowest BCUT2D eigenvalue weighted by atomic mass is 9.66. The van der Waals surface area contributed by atoms with E-state index in [1.165, 1.54) is 0 Å². The summed E-state index contributed by atoms with van der Waals surface area (Å²) in [5.74, 6) is 0.488. The normalized spacial score (nSPS) is 23.9. The second kappa shape index (κ2) is 9.28. The third kappa shape index (κ3) is 4.51. The Morgan fingerprint density at radius 2 is 1.88 bits per heavy atom. The van der Waals surface area contributed by atoms with Gasteiger partial charge in [0.1, 0.15) is 0 Å². The van der Waals surface area contributed by atoms with Crippen LogP contribution in [0.1, 0.15) is 61.0 Å². The predicted molar refractivity (Wildman–Crippen MR) is 132 cm³/mol. The molecule has 2 heterocycles. The number of anilines is 1. The van der Waals surface area contributed by atoms with Gasteiger partial charge in [-0.05, 0) is 74.9 Å². The monoisotopic (exact) mass is 489 g/mol. The van der Waals surface area contributed by atoms with Gasteiger partial charge in [0, 0.05) is 17.8 Å². The summed E-state index contributed by atoms with van der Waals surface area (Å²) >= 11 is 6.33. The molecule has 2 saturated heterocycles. The van der Waals surface area contributed by atoms with Crippen LogP contribution in [0.25, 0.3) is 0 Å². The number of fused-ring (bicyclic) bond motifs is 3. The van der Waals surface area contributed by atoms with Crippen LogP contribution in [0.15, 0.2) is 47.4 Å². The molecule has 2 bridgehead atoms. The zero-order valence-corrected chi connectivity index (χ0v) is 20.8. The van der Waals surface area contributed by atoms with E-state index in [0.717, 1.165) is 37.8 Å². The summed E-state index contributed by atoms with van der Waals surface area (Å²) in [7, 11) is -1.19. The van der Waals surface area contributed by atoms with Gasteiger partial charge in [-0.15, -0.1) is 0 Å². The van der Waals surface area contributed by atoms with E-state index < -0.39 is 9.84 Å². The number of amides is 1. The molecule has 3 N–H and O–H groups in total. The summed E-state index contributed by atoms with van der Waals surface area (Å²) in [6.07, 6.45) is 4.74. The molecule has 2 aromatic carbocycles. The fourth-order valence-electron chi connectivity index (χ4n) is 5.59. The van der Waals surface area contributed by atoms with Gasteiger partial charge in [0.05, 0.1) is 27.3 Å². The first kappa shape index (κ1) is 24.0. The molecule has 0 radical (unpaired) electrons. The number of piperidine rings is 2. The number of carbonyl (C=O) groups is 1. The number of sulfone groups is 1. The van der Waals surface area contributed by atoms with Crippen molar-refractivity contribution in [1.82, 2.24) is 10.2 Å². The van der Waals surface area contributed by atoms with Gasteiger partial charge in [0.15, 0.2) is 9.84 Å². The lowest BCUT2D eigenvalue weighted by Crippen LogP contribution is -2.62. The highest BCUT2D eigenvalue weighted by Crippen LogP contribution is 2.49. The third-order valence-corrected chi connectivity index (χ3v) is 9.65. The van der Waals surface area contributed by atoms with Crippen molar-refractivity contribution in [2.45, 2.75) is 55.5 Å². The van der Waals surface area contributed by atoms with Crippen molar-refractivity contribution in [3.05, 3.63) is 58.6 Å². The van der Waals surface area contributed by atoms with E-state index in [-0.39, 0.29) is 28.8 Å². The Bertz CT molecular complexity index is 1110. The van der Waals surface area contributed by atoms with Crippen molar-refractivity contribution in [2.75, 3.05) is 25.1 Å². The SMILES string of the molecule is CCCS(=O)(=O)c1ccc(C(NC(=O)c2c(N)cccc2Cl)C23CCC(CC2)CN3C)cc1. The standard InChI is InChI=1S/C25H32ClN3O3S/c1-3-15-33(31,32)19-9-7-18(8-10-19)23(25-13-11-17(12-14-25)16-29(25)2)28-24(30)22-20(26)5-4-6-21(22)27/h4-10,17,23H,3,11-16,27H2,1-2H3,(H,28,30). The van der Waals surface area contributed by atoms with Gasteiger partial charge in [-0.2, -0.15) is 0 Å². The summed E-state index contributed by atoms with van der Waals surface area (Å²) in [5.41, 5.74) is 7.33. The number of likely N-dealkylation sites (N-methyl/N-ethyl adjacent to an activating group) is 1. The Labute approximate surface area is 201 Å². The average molecular weight is 490 g/mol. The van der Waals surface area contributed by atoms with Crippen LogP contribution in [-0.2, 0) is 9.84 Å². The molecular formula is C25H32ClN3O3S. The molecule has 1 aliphatic carbocycles. The van der Waals surface area contributed by atoms with Crippen LogP contribution in [0.5, 0.6) is 0 Å². The lowest BCUT2D eigenvalue weighted by molar-refractivity contribution is -0.0404. The fraction of sp³-hybridized carbons (Fsp3) is 0.480. The number of benzene rings is 2. The van der Waals surface area contributed by atoms with Gasteiger partial charge in [-0.25, -0.2) is 8.42 Å². The van der Waals surface area contributed by atoms with Crippen molar-refractivity contribution >= 4 is 33.0 Å². The molecule has 2 aliphatic heterocycles.